The summed E-state index contributed by atoms with van der Waals surface area (Å²) >= 11 is 0. The van der Waals surface area contributed by atoms with Crippen LogP contribution >= 0.6 is 0 Å². The number of carbonyl (C=O) groups excluding carboxylic acids is 2. The van der Waals surface area contributed by atoms with Crippen molar-refractivity contribution in [3.8, 4) is 0 Å². The minimum atomic E-state index is -1.13. The highest BCUT2D eigenvalue weighted by molar-refractivity contribution is 5.88. The van der Waals surface area contributed by atoms with Crippen LogP contribution in [0.1, 0.15) is 42.6 Å². The largest absolute Gasteiger partial charge is 0.543 e. The van der Waals surface area contributed by atoms with E-state index in [1.807, 2.05) is 12.1 Å². The van der Waals surface area contributed by atoms with Gasteiger partial charge in [-0.1, -0.05) is 25.5 Å². The van der Waals surface area contributed by atoms with Crippen LogP contribution in [0.5, 0.6) is 0 Å². The number of aryl methyl sites for hydroxylation is 1. The fourth-order valence-electron chi connectivity index (χ4n) is 1.76. The lowest BCUT2D eigenvalue weighted by atomic mass is 10.1. The quantitative estimate of drug-likeness (QED) is 0.391. The predicted molar refractivity (Wildman–Crippen MR) is 80.5 cm³/mol. The van der Waals surface area contributed by atoms with Crippen molar-refractivity contribution in [2.45, 2.75) is 39.2 Å². The van der Waals surface area contributed by atoms with E-state index >= 15 is 0 Å². The molecule has 0 aliphatic carbocycles. The van der Waals surface area contributed by atoms with Gasteiger partial charge in [0.05, 0.1) is 17.2 Å². The van der Waals surface area contributed by atoms with Gasteiger partial charge in [0, 0.05) is 7.11 Å². The van der Waals surface area contributed by atoms with Crippen molar-refractivity contribution in [2.75, 3.05) is 13.7 Å². The Morgan fingerprint density at radius 3 is 2.43 bits per heavy atom. The van der Waals surface area contributed by atoms with Gasteiger partial charge in [0.2, 0.25) is 0 Å². The molecule has 0 N–H and O–H groups in total. The third-order valence-electron chi connectivity index (χ3n) is 2.92. The second-order valence-electron chi connectivity index (χ2n) is 4.96. The summed E-state index contributed by atoms with van der Waals surface area (Å²) in [6, 6.07) is 6.92. The van der Waals surface area contributed by atoms with E-state index in [0.717, 1.165) is 24.8 Å². The molecule has 0 fully saturated rings. The van der Waals surface area contributed by atoms with Crippen LogP contribution in [0.3, 0.4) is 0 Å². The Balaban J connectivity index is 2.32. The van der Waals surface area contributed by atoms with E-state index < -0.39 is 18.2 Å². The van der Waals surface area contributed by atoms with Gasteiger partial charge < -0.3 is 9.47 Å². The van der Waals surface area contributed by atoms with Gasteiger partial charge in [-0.3, -0.25) is 4.89 Å². The van der Waals surface area contributed by atoms with Crippen LogP contribution < -0.4 is 0 Å². The highest BCUT2D eigenvalue weighted by Gasteiger charge is 2.14. The van der Waals surface area contributed by atoms with Gasteiger partial charge in [-0.15, -0.1) is 0 Å². The molecule has 0 aliphatic rings. The second kappa shape index (κ2) is 10.6. The van der Waals surface area contributed by atoms with E-state index in [1.165, 1.54) is 7.11 Å². The van der Waals surface area contributed by atoms with Crippen molar-refractivity contribution in [2.24, 2.45) is 0 Å². The fourth-order valence-corrected chi connectivity index (χ4v) is 1.76. The maximum atomic E-state index is 11.7. The fraction of sp³-hybridized carbons (Fsp3) is 0.500. The summed E-state index contributed by atoms with van der Waals surface area (Å²) in [6.07, 6.45) is 1.51. The standard InChI is InChI=1S/C16H22O7/c1-4-5-6-13-7-9-14(10-8-13)15(17)21-23-22-16(18)20-12(2)11-19-3/h7-10,12H,4-6,11H2,1-3H3. The van der Waals surface area contributed by atoms with Crippen molar-refractivity contribution >= 4 is 12.1 Å². The molecule has 0 saturated heterocycles. The molecule has 128 valence electrons. The Bertz CT molecular complexity index is 484. The van der Waals surface area contributed by atoms with E-state index in [4.69, 9.17) is 9.47 Å². The summed E-state index contributed by atoms with van der Waals surface area (Å²) in [6.45, 7) is 3.93. The summed E-state index contributed by atoms with van der Waals surface area (Å²) in [5, 5.41) is 4.12. The van der Waals surface area contributed by atoms with Crippen LogP contribution in [-0.4, -0.2) is 31.9 Å². The summed E-state index contributed by atoms with van der Waals surface area (Å²) in [4.78, 5) is 31.4. The molecule has 1 aromatic carbocycles. The van der Waals surface area contributed by atoms with E-state index in [1.54, 1.807) is 19.1 Å². The first kappa shape index (κ1) is 18.9. The van der Waals surface area contributed by atoms with Crippen LogP contribution in [0.2, 0.25) is 0 Å². The molecule has 0 bridgehead atoms. The first-order valence-electron chi connectivity index (χ1n) is 7.40. The third-order valence-corrected chi connectivity index (χ3v) is 2.92. The Labute approximate surface area is 135 Å². The normalized spacial score (nSPS) is 11.6. The molecule has 7 nitrogen and oxygen atoms in total. The third kappa shape index (κ3) is 7.62. The summed E-state index contributed by atoms with van der Waals surface area (Å²) in [7, 11) is 1.47. The minimum Gasteiger partial charge on any atom is -0.427 e. The van der Waals surface area contributed by atoms with Crippen molar-refractivity contribution in [3.63, 3.8) is 0 Å². The van der Waals surface area contributed by atoms with E-state index in [9.17, 15) is 9.59 Å². The maximum Gasteiger partial charge on any atom is 0.543 e. The van der Waals surface area contributed by atoms with E-state index in [0.29, 0.717) is 0 Å². The molecular weight excluding hydrogens is 304 g/mol. The average Bonchev–Trinajstić information content (AvgIpc) is 2.53. The summed E-state index contributed by atoms with van der Waals surface area (Å²) < 4.78 is 9.51. The Kier molecular flexibility index (Phi) is 8.71. The van der Waals surface area contributed by atoms with Gasteiger partial charge in [-0.25, -0.2) is 14.5 Å². The van der Waals surface area contributed by atoms with Gasteiger partial charge in [0.1, 0.15) is 6.10 Å². The lowest BCUT2D eigenvalue weighted by Crippen LogP contribution is -2.21. The van der Waals surface area contributed by atoms with Gasteiger partial charge in [0.25, 0.3) is 0 Å². The van der Waals surface area contributed by atoms with Crippen LogP contribution in [0, 0.1) is 0 Å². The smallest absolute Gasteiger partial charge is 0.427 e. The number of benzene rings is 1. The molecule has 1 atom stereocenters. The topological polar surface area (TPSA) is 80.3 Å². The van der Waals surface area contributed by atoms with E-state index in [2.05, 4.69) is 21.7 Å². The lowest BCUT2D eigenvalue weighted by molar-refractivity contribution is -0.453. The first-order valence-corrected chi connectivity index (χ1v) is 7.40. The number of unbranched alkanes of at least 4 members (excludes halogenated alkanes) is 1. The summed E-state index contributed by atoms with van der Waals surface area (Å²) in [5.74, 6) is -0.773. The molecule has 0 aromatic heterocycles. The molecule has 0 radical (unpaired) electrons. The number of carbonyl (C=O) groups is 2. The highest BCUT2D eigenvalue weighted by atomic mass is 17.5. The zero-order valence-electron chi connectivity index (χ0n) is 13.6. The lowest BCUT2D eigenvalue weighted by Gasteiger charge is -2.10. The van der Waals surface area contributed by atoms with Crippen LogP contribution in [0.25, 0.3) is 0 Å². The van der Waals surface area contributed by atoms with Gasteiger partial charge >= 0.3 is 12.1 Å². The molecule has 0 amide bonds. The van der Waals surface area contributed by atoms with Crippen LogP contribution in [0.4, 0.5) is 4.79 Å². The zero-order chi connectivity index (χ0) is 17.1. The highest BCUT2D eigenvalue weighted by Crippen LogP contribution is 2.09. The Hall–Kier alpha value is -2.12. The van der Waals surface area contributed by atoms with Crippen LogP contribution in [0.15, 0.2) is 24.3 Å². The predicted octanol–water partition coefficient (Wildman–Crippen LogP) is 3.22. The summed E-state index contributed by atoms with van der Waals surface area (Å²) in [5.41, 5.74) is 1.42. The SMILES string of the molecule is CCCCc1ccc(C(=O)OOOC(=O)OC(C)COC)cc1. The second-order valence-corrected chi connectivity index (χ2v) is 4.96. The number of rotatable bonds is 9. The number of hydrogen-bond donors (Lipinski definition) is 0. The zero-order valence-corrected chi connectivity index (χ0v) is 13.6. The number of hydrogen-bond acceptors (Lipinski definition) is 7. The first-order chi connectivity index (χ1) is 11.1. The molecule has 1 unspecified atom stereocenters. The Morgan fingerprint density at radius 1 is 1.13 bits per heavy atom. The van der Waals surface area contributed by atoms with E-state index in [-0.39, 0.29) is 12.2 Å². The van der Waals surface area contributed by atoms with Gasteiger partial charge in [-0.2, -0.15) is 0 Å². The van der Waals surface area contributed by atoms with Crippen molar-refractivity contribution in [1.29, 1.82) is 0 Å². The van der Waals surface area contributed by atoms with Crippen molar-refractivity contribution in [1.82, 2.24) is 0 Å². The Morgan fingerprint density at radius 2 is 1.83 bits per heavy atom. The molecular formula is C16H22O7. The molecule has 1 rings (SSSR count). The van der Waals surface area contributed by atoms with Crippen LogP contribution in [-0.2, 0) is 30.7 Å². The molecule has 0 aliphatic heterocycles. The van der Waals surface area contributed by atoms with Crippen molar-refractivity contribution < 1.29 is 33.9 Å². The monoisotopic (exact) mass is 326 g/mol. The van der Waals surface area contributed by atoms with Crippen molar-refractivity contribution in [3.05, 3.63) is 35.4 Å². The molecule has 7 heteroatoms. The molecule has 0 saturated carbocycles. The average molecular weight is 326 g/mol. The molecule has 23 heavy (non-hydrogen) atoms. The minimum absolute atomic E-state index is 0.208. The van der Waals surface area contributed by atoms with Gasteiger partial charge in [-0.05, 0) is 37.5 Å². The number of methoxy groups -OCH3 is 1. The molecule has 1 aromatic rings. The maximum absolute atomic E-state index is 11.7. The number of ether oxygens (including phenoxy) is 2. The molecule has 0 heterocycles. The van der Waals surface area contributed by atoms with Gasteiger partial charge in [0.15, 0.2) is 0 Å². The molecule has 0 spiro atoms.